The van der Waals surface area contributed by atoms with Crippen LogP contribution in [-0.4, -0.2) is 119 Å². The van der Waals surface area contributed by atoms with Crippen molar-refractivity contribution in [1.29, 1.82) is 0 Å². The molecular formula is C41H81N3O8. The van der Waals surface area contributed by atoms with E-state index in [1.165, 1.54) is 129 Å². The lowest BCUT2D eigenvalue weighted by molar-refractivity contribution is -0.305. The monoisotopic (exact) mass is 744 g/mol. The maximum Gasteiger partial charge on any atom is 0.186 e. The van der Waals surface area contributed by atoms with E-state index in [0.29, 0.717) is 6.42 Å². The van der Waals surface area contributed by atoms with Gasteiger partial charge >= 0.3 is 0 Å². The number of aliphatic hydroxyl groups is 6. The predicted molar refractivity (Wildman–Crippen MR) is 207 cm³/mol. The Morgan fingerprint density at radius 3 is 1.85 bits per heavy atom. The van der Waals surface area contributed by atoms with E-state index in [1.807, 2.05) is 0 Å². The molecule has 11 atom stereocenters. The van der Waals surface area contributed by atoms with E-state index in [9.17, 15) is 30.6 Å². The maximum absolute atomic E-state index is 11.4. The molecule has 3 fully saturated rings. The van der Waals surface area contributed by atoms with E-state index in [-0.39, 0.29) is 18.8 Å². The minimum atomic E-state index is -1.54. The molecule has 11 nitrogen and oxygen atoms in total. The van der Waals surface area contributed by atoms with Gasteiger partial charge in [0.15, 0.2) is 6.29 Å². The first-order chi connectivity index (χ1) is 25.3. The lowest BCUT2D eigenvalue weighted by atomic mass is 9.92. The molecule has 308 valence electrons. The number of rotatable bonds is 31. The van der Waals surface area contributed by atoms with Crippen molar-refractivity contribution < 1.29 is 40.1 Å². The van der Waals surface area contributed by atoms with Gasteiger partial charge in [-0.25, -0.2) is 0 Å². The van der Waals surface area contributed by atoms with Crippen LogP contribution < -0.4 is 16.0 Å². The van der Waals surface area contributed by atoms with Crippen LogP contribution >= 0.6 is 0 Å². The normalized spacial score (nSPS) is 29.8. The van der Waals surface area contributed by atoms with Crippen LogP contribution in [0.1, 0.15) is 161 Å². The Kier molecular flexibility index (Phi) is 24.8. The summed E-state index contributed by atoms with van der Waals surface area (Å²) >= 11 is 0. The van der Waals surface area contributed by atoms with E-state index >= 15 is 0 Å². The molecule has 0 aromatic heterocycles. The topological polar surface area (TPSA) is 176 Å². The molecule has 52 heavy (non-hydrogen) atoms. The van der Waals surface area contributed by atoms with Crippen LogP contribution in [0.4, 0.5) is 0 Å². The van der Waals surface area contributed by atoms with Gasteiger partial charge in [0.05, 0.1) is 31.6 Å². The van der Waals surface area contributed by atoms with E-state index in [1.54, 1.807) is 0 Å². The highest BCUT2D eigenvalue weighted by atomic mass is 16.7. The molecule has 3 rings (SSSR count). The fourth-order valence-corrected chi connectivity index (χ4v) is 8.40. The first-order valence-electron chi connectivity index (χ1n) is 21.8. The maximum atomic E-state index is 11.4. The molecule has 0 bridgehead atoms. The van der Waals surface area contributed by atoms with Crippen molar-refractivity contribution in [3.63, 3.8) is 0 Å². The van der Waals surface area contributed by atoms with Crippen molar-refractivity contribution in [2.45, 2.75) is 216 Å². The van der Waals surface area contributed by atoms with Crippen molar-refractivity contribution in [3.8, 4) is 0 Å². The third-order valence-corrected chi connectivity index (χ3v) is 12.0. The van der Waals surface area contributed by atoms with Crippen molar-refractivity contribution in [2.24, 2.45) is 11.8 Å². The summed E-state index contributed by atoms with van der Waals surface area (Å²) in [6.45, 7) is 4.81. The summed E-state index contributed by atoms with van der Waals surface area (Å²) in [5.74, 6) is 0.343. The van der Waals surface area contributed by atoms with E-state index in [2.05, 4.69) is 22.9 Å². The average molecular weight is 744 g/mol. The highest BCUT2D eigenvalue weighted by molar-refractivity contribution is 4.93. The Balaban J connectivity index is 1.37. The van der Waals surface area contributed by atoms with Crippen LogP contribution in [0.3, 0.4) is 0 Å². The Morgan fingerprint density at radius 2 is 1.27 bits per heavy atom. The van der Waals surface area contributed by atoms with Gasteiger partial charge in [-0.1, -0.05) is 135 Å². The summed E-state index contributed by atoms with van der Waals surface area (Å²) < 4.78 is 11.5. The van der Waals surface area contributed by atoms with E-state index in [0.717, 1.165) is 44.6 Å². The Bertz CT molecular complexity index is 853. The Morgan fingerprint density at radius 1 is 0.692 bits per heavy atom. The molecule has 0 aromatic rings. The van der Waals surface area contributed by atoms with E-state index < -0.39 is 55.4 Å². The number of ether oxygens (including phenoxy) is 2. The summed E-state index contributed by atoms with van der Waals surface area (Å²) in [6.07, 6.45) is 20.1. The van der Waals surface area contributed by atoms with Crippen LogP contribution in [0.2, 0.25) is 0 Å². The van der Waals surface area contributed by atoms with Crippen LogP contribution in [0, 0.1) is 11.8 Å². The molecule has 8 unspecified atom stereocenters. The minimum Gasteiger partial charge on any atom is -0.394 e. The summed E-state index contributed by atoms with van der Waals surface area (Å²) in [4.78, 5) is 0. The first kappa shape index (κ1) is 45.9. The zero-order valence-corrected chi connectivity index (χ0v) is 32.9. The lowest BCUT2D eigenvalue weighted by Gasteiger charge is -2.40. The molecule has 9 N–H and O–H groups in total. The fraction of sp³-hybridized carbons (Fsp3) is 1.00. The molecule has 3 aliphatic rings. The van der Waals surface area contributed by atoms with Crippen LogP contribution in [0.15, 0.2) is 0 Å². The molecule has 0 saturated carbocycles. The van der Waals surface area contributed by atoms with Crippen LogP contribution in [-0.2, 0) is 9.47 Å². The highest BCUT2D eigenvalue weighted by Gasteiger charge is 2.45. The third kappa shape index (κ3) is 17.6. The number of unbranched alkanes of at least 4 members (excludes halogenated alkanes) is 18. The van der Waals surface area contributed by atoms with Gasteiger partial charge in [0, 0.05) is 18.5 Å². The van der Waals surface area contributed by atoms with Gasteiger partial charge in [-0.05, 0) is 44.7 Å². The highest BCUT2D eigenvalue weighted by Crippen LogP contribution is 2.26. The summed E-state index contributed by atoms with van der Waals surface area (Å²) in [7, 11) is 0. The first-order valence-corrected chi connectivity index (χ1v) is 21.8. The molecule has 0 aliphatic carbocycles. The van der Waals surface area contributed by atoms with Crippen LogP contribution in [0.25, 0.3) is 0 Å². The van der Waals surface area contributed by atoms with Gasteiger partial charge in [0.2, 0.25) is 0 Å². The van der Waals surface area contributed by atoms with Gasteiger partial charge in [0.1, 0.15) is 24.4 Å². The SMILES string of the molecule is CCCCCCCCCCCCCC[C@@H](O)[C@@H](O)[C@H](COC1OC(CO)C(O)C(O)C1O)C1NCC(CCCCCCCCCCC2CCNC2)N1. The molecule has 3 aliphatic heterocycles. The van der Waals surface area contributed by atoms with Gasteiger partial charge in [0.25, 0.3) is 0 Å². The molecule has 3 heterocycles. The second-order valence-corrected chi connectivity index (χ2v) is 16.4. The largest absolute Gasteiger partial charge is 0.394 e. The van der Waals surface area contributed by atoms with Crippen molar-refractivity contribution in [3.05, 3.63) is 0 Å². The van der Waals surface area contributed by atoms with Crippen molar-refractivity contribution in [1.82, 2.24) is 16.0 Å². The molecule has 0 amide bonds. The lowest BCUT2D eigenvalue weighted by Crippen LogP contribution is -2.60. The zero-order valence-electron chi connectivity index (χ0n) is 32.9. The summed E-state index contributed by atoms with van der Waals surface area (Å²) in [6, 6.07) is 0.241. The summed E-state index contributed by atoms with van der Waals surface area (Å²) in [5, 5.41) is 73.7. The minimum absolute atomic E-state index is 0.0612. The summed E-state index contributed by atoms with van der Waals surface area (Å²) in [5.41, 5.74) is 0. The molecule has 11 heteroatoms. The Labute approximate surface area is 316 Å². The molecule has 0 aromatic carbocycles. The standard InChI is InChI=1S/C41H81N3O8/c1-2-3-4-5-6-7-8-9-10-15-18-21-24-34(46)36(47)33(30-51-41-39(50)38(49)37(48)35(29-45)52-41)40-43-28-32(44-40)23-20-17-14-12-11-13-16-19-22-31-25-26-42-27-31/h31-50H,2-30H2,1H3/t31?,32?,33-,34+,35?,36-,37?,38?,39?,40?,41?/m0/s1. The molecular weight excluding hydrogens is 662 g/mol. The zero-order chi connectivity index (χ0) is 37.4. The average Bonchev–Trinajstić information content (AvgIpc) is 3.85. The van der Waals surface area contributed by atoms with Gasteiger partial charge < -0.3 is 45.4 Å². The van der Waals surface area contributed by atoms with Crippen molar-refractivity contribution >= 4 is 0 Å². The third-order valence-electron chi connectivity index (χ3n) is 12.0. The molecule has 0 spiro atoms. The predicted octanol–water partition coefficient (Wildman–Crippen LogP) is 4.63. The Hall–Kier alpha value is -0.440. The number of hydrogen-bond acceptors (Lipinski definition) is 11. The second kappa shape index (κ2) is 28.0. The van der Waals surface area contributed by atoms with Gasteiger partial charge in [-0.2, -0.15) is 0 Å². The molecule has 3 saturated heterocycles. The quantitative estimate of drug-likeness (QED) is 0.0453. The smallest absolute Gasteiger partial charge is 0.186 e. The van der Waals surface area contributed by atoms with Gasteiger partial charge in [-0.15, -0.1) is 0 Å². The molecule has 0 radical (unpaired) electrons. The van der Waals surface area contributed by atoms with Crippen molar-refractivity contribution in [2.75, 3.05) is 32.8 Å². The second-order valence-electron chi connectivity index (χ2n) is 16.4. The fourth-order valence-electron chi connectivity index (χ4n) is 8.40. The number of nitrogens with one attached hydrogen (secondary N) is 3. The van der Waals surface area contributed by atoms with E-state index in [4.69, 9.17) is 9.47 Å². The van der Waals surface area contributed by atoms with Gasteiger partial charge in [-0.3, -0.25) is 10.6 Å². The van der Waals surface area contributed by atoms with Crippen LogP contribution in [0.5, 0.6) is 0 Å². The number of aliphatic hydroxyl groups excluding tert-OH is 6. The number of hydrogen-bond donors (Lipinski definition) is 9.